The zero-order valence-electron chi connectivity index (χ0n) is 16.8. The lowest BCUT2D eigenvalue weighted by Crippen LogP contribution is -2.47. The van der Waals surface area contributed by atoms with Crippen LogP contribution in [0.25, 0.3) is 0 Å². The van der Waals surface area contributed by atoms with Gasteiger partial charge in [-0.15, -0.1) is 5.10 Å². The number of amides is 1. The summed E-state index contributed by atoms with van der Waals surface area (Å²) in [5.74, 6) is 1.27. The molecule has 0 unspecified atom stereocenters. The van der Waals surface area contributed by atoms with Gasteiger partial charge < -0.3 is 19.7 Å². The predicted molar refractivity (Wildman–Crippen MR) is 105 cm³/mol. The van der Waals surface area contributed by atoms with Gasteiger partial charge in [-0.05, 0) is 38.8 Å². The van der Waals surface area contributed by atoms with E-state index in [4.69, 9.17) is 9.47 Å². The Labute approximate surface area is 165 Å². The third-order valence-corrected chi connectivity index (χ3v) is 4.96. The standard InChI is InChI=1S/C20H29N5O3/c1-15(2)24-10-8-16(9-11-24)21-20(26)13-25-12-17(22-23-25)14-28-19-7-5-4-6-18(19)27-3/h4-7,12,15-16H,8-11,13-14H2,1-3H3,(H,21,26). The molecule has 3 rings (SSSR count). The van der Waals surface area contributed by atoms with Crippen LogP contribution >= 0.6 is 0 Å². The third kappa shape index (κ3) is 5.45. The van der Waals surface area contributed by atoms with Crippen LogP contribution in [-0.4, -0.2) is 58.1 Å². The maximum atomic E-state index is 12.3. The molecule has 0 atom stereocenters. The number of hydrogen-bond donors (Lipinski definition) is 1. The molecule has 1 saturated heterocycles. The van der Waals surface area contributed by atoms with Crippen LogP contribution in [-0.2, 0) is 17.9 Å². The van der Waals surface area contributed by atoms with Crippen LogP contribution in [0.3, 0.4) is 0 Å². The van der Waals surface area contributed by atoms with Crippen LogP contribution in [0, 0.1) is 0 Å². The third-order valence-electron chi connectivity index (χ3n) is 4.96. The second kappa shape index (κ2) is 9.54. The molecule has 0 bridgehead atoms. The van der Waals surface area contributed by atoms with Crippen molar-refractivity contribution in [2.75, 3.05) is 20.2 Å². The van der Waals surface area contributed by atoms with Gasteiger partial charge in [0, 0.05) is 25.2 Å². The summed E-state index contributed by atoms with van der Waals surface area (Å²) in [5, 5.41) is 11.2. The summed E-state index contributed by atoms with van der Waals surface area (Å²) in [6, 6.07) is 8.23. The molecule has 2 heterocycles. The molecule has 1 fully saturated rings. The summed E-state index contributed by atoms with van der Waals surface area (Å²) in [5.41, 5.74) is 0.656. The van der Waals surface area contributed by atoms with E-state index in [0.29, 0.717) is 23.2 Å². The first-order chi connectivity index (χ1) is 13.5. The van der Waals surface area contributed by atoms with Crippen LogP contribution in [0.2, 0.25) is 0 Å². The summed E-state index contributed by atoms with van der Waals surface area (Å²) in [4.78, 5) is 14.7. The number of rotatable bonds is 8. The maximum absolute atomic E-state index is 12.3. The van der Waals surface area contributed by atoms with Crippen molar-refractivity contribution in [1.82, 2.24) is 25.2 Å². The Kier molecular flexibility index (Phi) is 6.86. The van der Waals surface area contributed by atoms with E-state index in [1.807, 2.05) is 24.3 Å². The van der Waals surface area contributed by atoms with Gasteiger partial charge in [0.1, 0.15) is 18.8 Å². The minimum absolute atomic E-state index is 0.0370. The first kappa shape index (κ1) is 20.1. The first-order valence-corrected chi connectivity index (χ1v) is 9.73. The molecule has 152 valence electrons. The van der Waals surface area contributed by atoms with Gasteiger partial charge in [0.2, 0.25) is 5.91 Å². The van der Waals surface area contributed by atoms with E-state index in [-0.39, 0.29) is 25.1 Å². The lowest BCUT2D eigenvalue weighted by Gasteiger charge is -2.34. The highest BCUT2D eigenvalue weighted by Gasteiger charge is 2.22. The Hall–Kier alpha value is -2.61. The summed E-state index contributed by atoms with van der Waals surface area (Å²) in [6.07, 6.45) is 3.70. The fraction of sp³-hybridized carbons (Fsp3) is 0.550. The van der Waals surface area contributed by atoms with Crippen molar-refractivity contribution in [1.29, 1.82) is 0 Å². The number of nitrogens with zero attached hydrogens (tertiary/aromatic N) is 4. The number of benzene rings is 1. The minimum Gasteiger partial charge on any atom is -0.493 e. The number of methoxy groups -OCH3 is 1. The molecule has 1 amide bonds. The van der Waals surface area contributed by atoms with Crippen LogP contribution < -0.4 is 14.8 Å². The van der Waals surface area contributed by atoms with E-state index < -0.39 is 0 Å². The monoisotopic (exact) mass is 387 g/mol. The molecule has 0 radical (unpaired) electrons. The largest absolute Gasteiger partial charge is 0.493 e. The van der Waals surface area contributed by atoms with Gasteiger partial charge in [0.15, 0.2) is 11.5 Å². The smallest absolute Gasteiger partial charge is 0.242 e. The topological polar surface area (TPSA) is 81.5 Å². The zero-order valence-corrected chi connectivity index (χ0v) is 16.8. The number of aromatic nitrogens is 3. The molecule has 8 nitrogen and oxygen atoms in total. The van der Waals surface area contributed by atoms with Crippen LogP contribution in [0.4, 0.5) is 0 Å². The average molecular weight is 387 g/mol. The van der Waals surface area contributed by atoms with Gasteiger partial charge in [0.25, 0.3) is 0 Å². The molecular formula is C20H29N5O3. The summed E-state index contributed by atoms with van der Waals surface area (Å²) >= 11 is 0. The van der Waals surface area contributed by atoms with Gasteiger partial charge >= 0.3 is 0 Å². The second-order valence-electron chi connectivity index (χ2n) is 7.32. The highest BCUT2D eigenvalue weighted by atomic mass is 16.5. The van der Waals surface area contributed by atoms with Crippen molar-refractivity contribution in [2.45, 2.75) is 51.9 Å². The van der Waals surface area contributed by atoms with E-state index in [9.17, 15) is 4.79 Å². The number of piperidine rings is 1. The number of hydrogen-bond acceptors (Lipinski definition) is 6. The lowest BCUT2D eigenvalue weighted by atomic mass is 10.0. The molecule has 1 aliphatic rings. The van der Waals surface area contributed by atoms with E-state index in [1.54, 1.807) is 18.0 Å². The van der Waals surface area contributed by atoms with Gasteiger partial charge in [-0.3, -0.25) is 4.79 Å². The fourth-order valence-electron chi connectivity index (χ4n) is 3.35. The highest BCUT2D eigenvalue weighted by molar-refractivity contribution is 5.75. The van der Waals surface area contributed by atoms with Crippen molar-refractivity contribution >= 4 is 5.91 Å². The summed E-state index contributed by atoms with van der Waals surface area (Å²) in [7, 11) is 1.60. The Morgan fingerprint density at radius 3 is 2.64 bits per heavy atom. The summed E-state index contributed by atoms with van der Waals surface area (Å²) < 4.78 is 12.5. The first-order valence-electron chi connectivity index (χ1n) is 9.73. The van der Waals surface area contributed by atoms with Crippen molar-refractivity contribution in [3.8, 4) is 11.5 Å². The van der Waals surface area contributed by atoms with E-state index in [1.165, 1.54) is 0 Å². The van der Waals surface area contributed by atoms with Crippen molar-refractivity contribution in [3.63, 3.8) is 0 Å². The summed E-state index contributed by atoms with van der Waals surface area (Å²) in [6.45, 7) is 6.88. The Bertz CT molecular complexity index is 769. The molecule has 2 aromatic rings. The van der Waals surface area contributed by atoms with E-state index >= 15 is 0 Å². The molecule has 28 heavy (non-hydrogen) atoms. The lowest BCUT2D eigenvalue weighted by molar-refractivity contribution is -0.122. The number of carbonyl (C=O) groups excluding carboxylic acids is 1. The number of para-hydroxylation sites is 2. The highest BCUT2D eigenvalue weighted by Crippen LogP contribution is 2.26. The average Bonchev–Trinajstić information content (AvgIpc) is 3.14. The molecule has 1 aromatic carbocycles. The van der Waals surface area contributed by atoms with Gasteiger partial charge in [0.05, 0.1) is 13.3 Å². The SMILES string of the molecule is COc1ccccc1OCc1cn(CC(=O)NC2CCN(C(C)C)CC2)nn1. The normalized spacial score (nSPS) is 15.6. The molecule has 1 N–H and O–H groups in total. The molecular weight excluding hydrogens is 358 g/mol. The van der Waals surface area contributed by atoms with Crippen molar-refractivity contribution < 1.29 is 14.3 Å². The van der Waals surface area contributed by atoms with Gasteiger partial charge in [-0.25, -0.2) is 4.68 Å². The number of likely N-dealkylation sites (tertiary alicyclic amines) is 1. The quantitative estimate of drug-likeness (QED) is 0.745. The Morgan fingerprint density at radius 2 is 1.96 bits per heavy atom. The van der Waals surface area contributed by atoms with Crippen LogP contribution in [0.15, 0.2) is 30.5 Å². The Balaban J connectivity index is 1.45. The van der Waals surface area contributed by atoms with E-state index in [2.05, 4.69) is 34.4 Å². The number of carbonyl (C=O) groups is 1. The number of nitrogens with one attached hydrogen (secondary N) is 1. The minimum atomic E-state index is -0.0370. The van der Waals surface area contributed by atoms with Crippen LogP contribution in [0.1, 0.15) is 32.4 Å². The molecule has 0 spiro atoms. The maximum Gasteiger partial charge on any atom is 0.242 e. The number of ether oxygens (including phenoxy) is 2. The van der Waals surface area contributed by atoms with Crippen LogP contribution in [0.5, 0.6) is 11.5 Å². The fourth-order valence-corrected chi connectivity index (χ4v) is 3.35. The zero-order chi connectivity index (χ0) is 19.9. The molecule has 1 aromatic heterocycles. The van der Waals surface area contributed by atoms with Gasteiger partial charge in [-0.1, -0.05) is 17.3 Å². The molecule has 8 heteroatoms. The van der Waals surface area contributed by atoms with E-state index in [0.717, 1.165) is 25.9 Å². The molecule has 0 saturated carbocycles. The predicted octanol–water partition coefficient (Wildman–Crippen LogP) is 1.85. The Morgan fingerprint density at radius 1 is 1.25 bits per heavy atom. The van der Waals surface area contributed by atoms with Crippen molar-refractivity contribution in [3.05, 3.63) is 36.2 Å². The second-order valence-corrected chi connectivity index (χ2v) is 7.32. The molecule has 1 aliphatic heterocycles. The molecule has 0 aliphatic carbocycles. The van der Waals surface area contributed by atoms with Crippen molar-refractivity contribution in [2.24, 2.45) is 0 Å². The van der Waals surface area contributed by atoms with Gasteiger partial charge in [-0.2, -0.15) is 0 Å².